The van der Waals surface area contributed by atoms with Crippen molar-refractivity contribution >= 4 is 5.91 Å². The highest BCUT2D eigenvalue weighted by molar-refractivity contribution is 5.78. The van der Waals surface area contributed by atoms with Crippen LogP contribution in [0.4, 0.5) is 0 Å². The van der Waals surface area contributed by atoms with Gasteiger partial charge in [0.25, 0.3) is 5.91 Å². The summed E-state index contributed by atoms with van der Waals surface area (Å²) in [5, 5.41) is 11.4. The third-order valence-electron chi connectivity index (χ3n) is 2.18. The molecule has 1 rings (SSSR count). The van der Waals surface area contributed by atoms with Crippen molar-refractivity contribution in [2.45, 2.75) is 25.8 Å². The molecule has 0 heterocycles. The summed E-state index contributed by atoms with van der Waals surface area (Å²) in [6, 6.07) is 10.7. The van der Waals surface area contributed by atoms with Gasteiger partial charge < -0.3 is 10.1 Å². The zero-order chi connectivity index (χ0) is 12.5. The maximum absolute atomic E-state index is 11.5. The number of nitrogens with one attached hydrogen (secondary N) is 1. The van der Waals surface area contributed by atoms with Crippen LogP contribution >= 0.6 is 0 Å². The second-order valence-electron chi connectivity index (χ2n) is 3.64. The first kappa shape index (κ1) is 13.0. The van der Waals surface area contributed by atoms with Gasteiger partial charge in [-0.15, -0.1) is 0 Å². The molecule has 0 bridgehead atoms. The number of amides is 1. The highest BCUT2D eigenvalue weighted by atomic mass is 16.5. The number of benzene rings is 1. The first-order valence-corrected chi connectivity index (χ1v) is 5.63. The van der Waals surface area contributed by atoms with Crippen LogP contribution in [0, 0.1) is 11.3 Å². The Balaban J connectivity index is 2.33. The number of nitrogens with zero attached hydrogens (tertiary/aromatic N) is 1. The van der Waals surface area contributed by atoms with Crippen molar-refractivity contribution < 1.29 is 9.53 Å². The molecule has 1 atom stereocenters. The van der Waals surface area contributed by atoms with E-state index in [1.54, 1.807) is 12.1 Å². The van der Waals surface area contributed by atoms with E-state index in [1.807, 2.05) is 31.2 Å². The van der Waals surface area contributed by atoms with Crippen molar-refractivity contribution in [3.05, 3.63) is 30.3 Å². The first-order chi connectivity index (χ1) is 8.26. The third kappa shape index (κ3) is 5.03. The molecular weight excluding hydrogens is 216 g/mol. The van der Waals surface area contributed by atoms with Gasteiger partial charge in [0.1, 0.15) is 11.8 Å². The van der Waals surface area contributed by atoms with Crippen LogP contribution in [0.5, 0.6) is 5.75 Å². The second kappa shape index (κ2) is 7.29. The van der Waals surface area contributed by atoms with Gasteiger partial charge in [0.15, 0.2) is 6.61 Å². The van der Waals surface area contributed by atoms with Crippen molar-refractivity contribution in [3.63, 3.8) is 0 Å². The van der Waals surface area contributed by atoms with Crippen LogP contribution in [-0.4, -0.2) is 18.6 Å². The predicted octanol–water partition coefficient (Wildman–Crippen LogP) is 1.87. The topological polar surface area (TPSA) is 62.1 Å². The van der Waals surface area contributed by atoms with Gasteiger partial charge in [-0.05, 0) is 18.6 Å². The molecule has 1 amide bonds. The van der Waals surface area contributed by atoms with Gasteiger partial charge in [-0.1, -0.05) is 31.5 Å². The highest BCUT2D eigenvalue weighted by Crippen LogP contribution is 2.07. The lowest BCUT2D eigenvalue weighted by Gasteiger charge is -2.11. The molecule has 0 saturated heterocycles. The molecule has 0 fully saturated rings. The van der Waals surface area contributed by atoms with Gasteiger partial charge >= 0.3 is 0 Å². The van der Waals surface area contributed by atoms with E-state index in [-0.39, 0.29) is 12.5 Å². The van der Waals surface area contributed by atoms with Crippen LogP contribution in [0.2, 0.25) is 0 Å². The summed E-state index contributed by atoms with van der Waals surface area (Å²) in [7, 11) is 0. The minimum Gasteiger partial charge on any atom is -0.484 e. The summed E-state index contributed by atoms with van der Waals surface area (Å²) in [5.41, 5.74) is 0. The van der Waals surface area contributed by atoms with Crippen LogP contribution in [0.15, 0.2) is 30.3 Å². The molecule has 0 aliphatic carbocycles. The molecule has 4 heteroatoms. The Morgan fingerprint density at radius 2 is 2.18 bits per heavy atom. The van der Waals surface area contributed by atoms with Gasteiger partial charge in [-0.25, -0.2) is 0 Å². The van der Waals surface area contributed by atoms with Crippen molar-refractivity contribution in [3.8, 4) is 11.8 Å². The van der Waals surface area contributed by atoms with E-state index in [2.05, 4.69) is 5.32 Å². The zero-order valence-corrected chi connectivity index (χ0v) is 9.85. The van der Waals surface area contributed by atoms with Gasteiger partial charge in [-0.3, -0.25) is 4.79 Å². The van der Waals surface area contributed by atoms with Gasteiger partial charge in [0.2, 0.25) is 0 Å². The molecule has 90 valence electrons. The molecule has 0 spiro atoms. The average Bonchev–Trinajstić information content (AvgIpc) is 2.37. The Morgan fingerprint density at radius 1 is 1.47 bits per heavy atom. The third-order valence-corrected chi connectivity index (χ3v) is 2.18. The van der Waals surface area contributed by atoms with Crippen LogP contribution in [0.25, 0.3) is 0 Å². The summed E-state index contributed by atoms with van der Waals surface area (Å²) in [6.45, 7) is 1.91. The monoisotopic (exact) mass is 232 g/mol. The zero-order valence-electron chi connectivity index (χ0n) is 9.85. The molecule has 0 aliphatic rings. The van der Waals surface area contributed by atoms with E-state index in [9.17, 15) is 4.79 Å². The van der Waals surface area contributed by atoms with E-state index in [0.717, 1.165) is 6.42 Å². The molecule has 17 heavy (non-hydrogen) atoms. The molecule has 1 aromatic carbocycles. The quantitative estimate of drug-likeness (QED) is 0.814. The Morgan fingerprint density at radius 3 is 2.76 bits per heavy atom. The molecule has 1 unspecified atom stereocenters. The standard InChI is InChI=1S/C13H16N2O2/c1-2-6-11(9-14)15-13(16)10-17-12-7-4-3-5-8-12/h3-5,7-8,11H,2,6,10H2,1H3,(H,15,16). The maximum atomic E-state index is 11.5. The van der Waals surface area contributed by atoms with E-state index in [0.29, 0.717) is 12.2 Å². The summed E-state index contributed by atoms with van der Waals surface area (Å²) in [6.07, 6.45) is 1.52. The highest BCUT2D eigenvalue weighted by Gasteiger charge is 2.10. The van der Waals surface area contributed by atoms with Gasteiger partial charge in [0.05, 0.1) is 6.07 Å². The Kier molecular flexibility index (Phi) is 5.59. The fourth-order valence-corrected chi connectivity index (χ4v) is 1.36. The lowest BCUT2D eigenvalue weighted by Crippen LogP contribution is -2.36. The number of hydrogen-bond donors (Lipinski definition) is 1. The molecule has 4 nitrogen and oxygen atoms in total. The minimum absolute atomic E-state index is 0.0636. The molecule has 0 radical (unpaired) electrons. The van der Waals surface area contributed by atoms with Crippen molar-refractivity contribution in [1.29, 1.82) is 5.26 Å². The van der Waals surface area contributed by atoms with Crippen LogP contribution in [0.1, 0.15) is 19.8 Å². The normalized spacial score (nSPS) is 11.3. The van der Waals surface area contributed by atoms with Gasteiger partial charge in [-0.2, -0.15) is 5.26 Å². The molecule has 0 saturated carbocycles. The molecule has 0 aromatic heterocycles. The van der Waals surface area contributed by atoms with Crippen LogP contribution in [0.3, 0.4) is 0 Å². The first-order valence-electron chi connectivity index (χ1n) is 5.63. The molecule has 1 aromatic rings. The summed E-state index contributed by atoms with van der Waals surface area (Å²) in [4.78, 5) is 11.5. The SMILES string of the molecule is CCCC(C#N)NC(=O)COc1ccccc1. The largest absolute Gasteiger partial charge is 0.484 e. The number of carbonyl (C=O) groups is 1. The van der Waals surface area contributed by atoms with E-state index in [1.165, 1.54) is 0 Å². The Labute approximate surface area is 101 Å². The number of ether oxygens (including phenoxy) is 1. The fourth-order valence-electron chi connectivity index (χ4n) is 1.36. The van der Waals surface area contributed by atoms with E-state index < -0.39 is 6.04 Å². The summed E-state index contributed by atoms with van der Waals surface area (Å²) < 4.78 is 5.27. The molecule has 1 N–H and O–H groups in total. The number of nitriles is 1. The minimum atomic E-state index is -0.424. The Hall–Kier alpha value is -2.02. The predicted molar refractivity (Wildman–Crippen MR) is 64.4 cm³/mol. The summed E-state index contributed by atoms with van der Waals surface area (Å²) in [5.74, 6) is 0.375. The van der Waals surface area contributed by atoms with Crippen LogP contribution in [-0.2, 0) is 4.79 Å². The fraction of sp³-hybridized carbons (Fsp3) is 0.385. The smallest absolute Gasteiger partial charge is 0.258 e. The van der Waals surface area contributed by atoms with Gasteiger partial charge in [0, 0.05) is 0 Å². The number of rotatable bonds is 6. The van der Waals surface area contributed by atoms with E-state index >= 15 is 0 Å². The second-order valence-corrected chi connectivity index (χ2v) is 3.64. The van der Waals surface area contributed by atoms with Crippen LogP contribution < -0.4 is 10.1 Å². The average molecular weight is 232 g/mol. The number of para-hydroxylation sites is 1. The molecule has 0 aliphatic heterocycles. The summed E-state index contributed by atoms with van der Waals surface area (Å²) >= 11 is 0. The van der Waals surface area contributed by atoms with Crippen molar-refractivity contribution in [2.75, 3.05) is 6.61 Å². The van der Waals surface area contributed by atoms with Crippen molar-refractivity contribution in [2.24, 2.45) is 0 Å². The lowest BCUT2D eigenvalue weighted by molar-refractivity contribution is -0.123. The molecular formula is C13H16N2O2. The van der Waals surface area contributed by atoms with Crippen molar-refractivity contribution in [1.82, 2.24) is 5.32 Å². The number of carbonyl (C=O) groups excluding carboxylic acids is 1. The van der Waals surface area contributed by atoms with E-state index in [4.69, 9.17) is 10.00 Å². The Bertz CT molecular complexity index is 384. The number of hydrogen-bond acceptors (Lipinski definition) is 3. The maximum Gasteiger partial charge on any atom is 0.258 e. The lowest BCUT2D eigenvalue weighted by atomic mass is 10.2.